The Hall–Kier alpha value is -1.64. The number of nitrogens with one attached hydrogen (secondary N) is 2. The molecule has 0 radical (unpaired) electrons. The number of nitrogens with zero attached hydrogens (tertiary/aromatic N) is 3. The van der Waals surface area contributed by atoms with Gasteiger partial charge in [-0.2, -0.15) is 4.98 Å². The van der Waals surface area contributed by atoms with Gasteiger partial charge >= 0.3 is 0 Å². The van der Waals surface area contributed by atoms with Gasteiger partial charge in [-0.05, 0) is 18.4 Å². The molecule has 1 aromatic carbocycles. The van der Waals surface area contributed by atoms with Crippen LogP contribution in [-0.4, -0.2) is 29.7 Å². The molecule has 2 aromatic rings. The number of aliphatic imine (C=N–C) groups is 1. The van der Waals surface area contributed by atoms with Crippen LogP contribution in [-0.2, 0) is 6.54 Å². The summed E-state index contributed by atoms with van der Waals surface area (Å²) in [6.07, 6.45) is 0. The highest BCUT2D eigenvalue weighted by Crippen LogP contribution is 2.12. The summed E-state index contributed by atoms with van der Waals surface area (Å²) in [6.45, 7) is 5.23. The number of aromatic nitrogens is 2. The molecule has 2 rings (SSSR count). The zero-order valence-corrected chi connectivity index (χ0v) is 15.4. The Morgan fingerprint density at radius 3 is 2.59 bits per heavy atom. The van der Waals surface area contributed by atoms with Crippen LogP contribution in [0.4, 0.5) is 0 Å². The number of guanidine groups is 1. The first-order chi connectivity index (χ1) is 10.2. The third-order valence-corrected chi connectivity index (χ3v) is 3.14. The van der Waals surface area contributed by atoms with E-state index >= 15 is 0 Å². The van der Waals surface area contributed by atoms with Gasteiger partial charge in [0.25, 0.3) is 0 Å². The average Bonchev–Trinajstić information content (AvgIpc) is 2.93. The Balaban J connectivity index is 0.00000242. The maximum atomic E-state index is 5.05. The fourth-order valence-corrected chi connectivity index (χ4v) is 1.94. The molecule has 1 aromatic heterocycles. The summed E-state index contributed by atoms with van der Waals surface area (Å²) in [4.78, 5) is 8.32. The first kappa shape index (κ1) is 18.4. The smallest absolute Gasteiger partial charge is 0.246 e. The molecule has 2 N–H and O–H groups in total. The summed E-state index contributed by atoms with van der Waals surface area (Å²) in [5, 5.41) is 10.2. The summed E-state index contributed by atoms with van der Waals surface area (Å²) in [7, 11) is 1.74. The highest BCUT2D eigenvalue weighted by atomic mass is 127. The lowest BCUT2D eigenvalue weighted by molar-refractivity contribution is 0.371. The molecule has 7 heteroatoms. The zero-order valence-electron chi connectivity index (χ0n) is 13.0. The van der Waals surface area contributed by atoms with Crippen LogP contribution in [0.1, 0.15) is 30.1 Å². The van der Waals surface area contributed by atoms with Crippen molar-refractivity contribution in [3.05, 3.63) is 47.6 Å². The molecule has 0 spiro atoms. The lowest BCUT2D eigenvalue weighted by Gasteiger charge is -2.15. The summed E-state index contributed by atoms with van der Waals surface area (Å²) < 4.78 is 5.05. The third kappa shape index (κ3) is 5.63. The van der Waals surface area contributed by atoms with Gasteiger partial charge in [0, 0.05) is 13.6 Å². The molecule has 0 aliphatic carbocycles. The van der Waals surface area contributed by atoms with Crippen LogP contribution in [0, 0.1) is 6.92 Å². The van der Waals surface area contributed by atoms with Crippen molar-refractivity contribution in [1.82, 2.24) is 20.8 Å². The predicted molar refractivity (Wildman–Crippen MR) is 97.5 cm³/mol. The molecule has 0 aliphatic rings. The van der Waals surface area contributed by atoms with Crippen molar-refractivity contribution >= 4 is 29.9 Å². The number of benzene rings is 1. The zero-order chi connectivity index (χ0) is 15.1. The minimum absolute atomic E-state index is 0. The number of aryl methyl sites for hydroxylation is 1. The van der Waals surface area contributed by atoms with Crippen LogP contribution in [0.15, 0.2) is 39.8 Å². The van der Waals surface area contributed by atoms with Gasteiger partial charge in [0.05, 0.1) is 6.54 Å². The predicted octanol–water partition coefficient (Wildman–Crippen LogP) is 2.46. The number of rotatable bonds is 5. The van der Waals surface area contributed by atoms with Gasteiger partial charge in [-0.25, -0.2) is 0 Å². The highest BCUT2D eigenvalue weighted by molar-refractivity contribution is 14.0. The molecular formula is C15H22IN5O. The Bertz CT molecular complexity index is 585. The summed E-state index contributed by atoms with van der Waals surface area (Å²) in [5.74, 6) is 2.29. The van der Waals surface area contributed by atoms with Crippen molar-refractivity contribution in [2.24, 2.45) is 4.99 Å². The maximum Gasteiger partial charge on any atom is 0.246 e. The Kier molecular flexibility index (Phi) is 7.86. The van der Waals surface area contributed by atoms with E-state index in [0.29, 0.717) is 30.1 Å². The van der Waals surface area contributed by atoms with E-state index in [1.54, 1.807) is 14.0 Å². The van der Waals surface area contributed by atoms with Crippen molar-refractivity contribution in [3.8, 4) is 0 Å². The minimum atomic E-state index is 0. The van der Waals surface area contributed by atoms with Crippen molar-refractivity contribution in [1.29, 1.82) is 0 Å². The first-order valence-corrected chi connectivity index (χ1v) is 6.97. The summed E-state index contributed by atoms with van der Waals surface area (Å²) >= 11 is 0. The minimum Gasteiger partial charge on any atom is -0.356 e. The van der Waals surface area contributed by atoms with Crippen LogP contribution in [0.3, 0.4) is 0 Å². The normalized spacial score (nSPS) is 12.4. The molecule has 0 amide bonds. The number of halogens is 1. The van der Waals surface area contributed by atoms with E-state index < -0.39 is 0 Å². The van der Waals surface area contributed by atoms with Crippen molar-refractivity contribution < 1.29 is 4.52 Å². The quantitative estimate of drug-likeness (QED) is 0.446. The Morgan fingerprint density at radius 1 is 1.27 bits per heavy atom. The molecule has 0 saturated heterocycles. The SMILES string of the molecule is CN=C(NCc1nc(C)no1)NCC(C)c1ccccc1.I. The molecule has 0 fully saturated rings. The van der Waals surface area contributed by atoms with Crippen LogP contribution in [0.2, 0.25) is 0 Å². The summed E-state index contributed by atoms with van der Waals surface area (Å²) in [6, 6.07) is 10.4. The van der Waals surface area contributed by atoms with Crippen LogP contribution < -0.4 is 10.6 Å². The van der Waals surface area contributed by atoms with Gasteiger partial charge in [0.1, 0.15) is 0 Å². The first-order valence-electron chi connectivity index (χ1n) is 6.97. The van der Waals surface area contributed by atoms with Crippen molar-refractivity contribution in [2.75, 3.05) is 13.6 Å². The van der Waals surface area contributed by atoms with Gasteiger partial charge in [0.2, 0.25) is 5.89 Å². The summed E-state index contributed by atoms with van der Waals surface area (Å²) in [5.41, 5.74) is 1.30. The van der Waals surface area contributed by atoms with Gasteiger partial charge in [0.15, 0.2) is 11.8 Å². The van der Waals surface area contributed by atoms with Gasteiger partial charge in [-0.15, -0.1) is 24.0 Å². The molecule has 1 unspecified atom stereocenters. The fraction of sp³-hybridized carbons (Fsp3) is 0.400. The molecular weight excluding hydrogens is 393 g/mol. The Morgan fingerprint density at radius 2 is 2.00 bits per heavy atom. The van der Waals surface area contributed by atoms with Crippen LogP contribution in [0.25, 0.3) is 0 Å². The molecule has 0 aliphatic heterocycles. The second-order valence-electron chi connectivity index (χ2n) is 4.85. The average molecular weight is 415 g/mol. The maximum absolute atomic E-state index is 5.05. The van der Waals surface area contributed by atoms with E-state index in [0.717, 1.165) is 6.54 Å². The molecule has 1 atom stereocenters. The van der Waals surface area contributed by atoms with Crippen molar-refractivity contribution in [3.63, 3.8) is 0 Å². The van der Waals surface area contributed by atoms with E-state index in [9.17, 15) is 0 Å². The van der Waals surface area contributed by atoms with E-state index in [4.69, 9.17) is 4.52 Å². The van der Waals surface area contributed by atoms with Crippen LogP contribution >= 0.6 is 24.0 Å². The second kappa shape index (κ2) is 9.39. The number of hydrogen-bond donors (Lipinski definition) is 2. The number of hydrogen-bond acceptors (Lipinski definition) is 4. The molecule has 6 nitrogen and oxygen atoms in total. The molecule has 22 heavy (non-hydrogen) atoms. The molecule has 0 saturated carbocycles. The lowest BCUT2D eigenvalue weighted by Crippen LogP contribution is -2.38. The topological polar surface area (TPSA) is 75.3 Å². The molecule has 0 bridgehead atoms. The Labute approximate surface area is 147 Å². The second-order valence-corrected chi connectivity index (χ2v) is 4.85. The fourth-order valence-electron chi connectivity index (χ4n) is 1.94. The van der Waals surface area contributed by atoms with Gasteiger partial charge in [-0.1, -0.05) is 42.4 Å². The standard InChI is InChI=1S/C15H21N5O.HI/c1-11(13-7-5-4-6-8-13)9-17-15(16-3)18-10-14-19-12(2)20-21-14;/h4-8,11H,9-10H2,1-3H3,(H2,16,17,18);1H. The van der Waals surface area contributed by atoms with Gasteiger partial charge < -0.3 is 15.2 Å². The van der Waals surface area contributed by atoms with Crippen molar-refractivity contribution in [2.45, 2.75) is 26.3 Å². The van der Waals surface area contributed by atoms with Gasteiger partial charge in [-0.3, -0.25) is 4.99 Å². The largest absolute Gasteiger partial charge is 0.356 e. The molecule has 120 valence electrons. The van der Waals surface area contributed by atoms with E-state index in [-0.39, 0.29) is 24.0 Å². The van der Waals surface area contributed by atoms with E-state index in [2.05, 4.69) is 57.0 Å². The third-order valence-electron chi connectivity index (χ3n) is 3.14. The van der Waals surface area contributed by atoms with E-state index in [1.807, 2.05) is 6.07 Å². The lowest BCUT2D eigenvalue weighted by atomic mass is 10.0. The van der Waals surface area contributed by atoms with Crippen LogP contribution in [0.5, 0.6) is 0 Å². The highest BCUT2D eigenvalue weighted by Gasteiger charge is 2.07. The monoisotopic (exact) mass is 415 g/mol. The van der Waals surface area contributed by atoms with E-state index in [1.165, 1.54) is 5.56 Å². The molecule has 1 heterocycles.